The van der Waals surface area contributed by atoms with Crippen LogP contribution in [-0.2, 0) is 0 Å². The minimum Gasteiger partial charge on any atom is -0.395 e. The summed E-state index contributed by atoms with van der Waals surface area (Å²) >= 11 is 0. The van der Waals surface area contributed by atoms with E-state index in [4.69, 9.17) is 10.2 Å². The molecule has 0 amide bonds. The zero-order chi connectivity index (χ0) is 11.8. The molecule has 16 heavy (non-hydrogen) atoms. The van der Waals surface area contributed by atoms with Gasteiger partial charge in [-0.2, -0.15) is 0 Å². The van der Waals surface area contributed by atoms with Gasteiger partial charge in [0.15, 0.2) is 0 Å². The third kappa shape index (κ3) is 4.01. The lowest BCUT2D eigenvalue weighted by Gasteiger charge is -2.37. The van der Waals surface area contributed by atoms with Crippen molar-refractivity contribution < 1.29 is 15.3 Å². The molecule has 4 nitrogen and oxygen atoms in total. The van der Waals surface area contributed by atoms with E-state index in [9.17, 15) is 5.11 Å². The van der Waals surface area contributed by atoms with Crippen LogP contribution >= 0.6 is 0 Å². The zero-order valence-corrected chi connectivity index (χ0v) is 10.0. The van der Waals surface area contributed by atoms with Gasteiger partial charge in [-0.1, -0.05) is 19.3 Å². The number of rotatable bonds is 7. The molecule has 0 aromatic rings. The molecule has 0 bridgehead atoms. The quantitative estimate of drug-likeness (QED) is 0.586. The van der Waals surface area contributed by atoms with E-state index in [1.165, 1.54) is 32.1 Å². The van der Waals surface area contributed by atoms with Gasteiger partial charge in [0.25, 0.3) is 0 Å². The standard InChI is InChI=1S/C12H25NO3/c14-8-6-13(7-9-15)12(10-16)11-4-2-1-3-5-11/h11-12,14-16H,1-10H2. The second-order valence-corrected chi connectivity index (χ2v) is 4.63. The summed E-state index contributed by atoms with van der Waals surface area (Å²) in [6.07, 6.45) is 6.12. The molecule has 0 aromatic heterocycles. The van der Waals surface area contributed by atoms with Crippen LogP contribution in [0.4, 0.5) is 0 Å². The first kappa shape index (κ1) is 13.9. The summed E-state index contributed by atoms with van der Waals surface area (Å²) in [5, 5.41) is 27.5. The molecule has 0 heterocycles. The SMILES string of the molecule is OCCN(CCO)C(CO)C1CCCCC1. The Hall–Kier alpha value is -0.160. The van der Waals surface area contributed by atoms with Crippen molar-refractivity contribution in [1.29, 1.82) is 0 Å². The monoisotopic (exact) mass is 231 g/mol. The molecule has 0 aromatic carbocycles. The number of aliphatic hydroxyl groups excluding tert-OH is 3. The van der Waals surface area contributed by atoms with E-state index >= 15 is 0 Å². The third-order valence-electron chi connectivity index (χ3n) is 3.62. The maximum atomic E-state index is 9.50. The second kappa shape index (κ2) is 8.01. The summed E-state index contributed by atoms with van der Waals surface area (Å²) < 4.78 is 0. The minimum absolute atomic E-state index is 0.0865. The van der Waals surface area contributed by atoms with E-state index in [0.29, 0.717) is 19.0 Å². The van der Waals surface area contributed by atoms with E-state index in [-0.39, 0.29) is 25.9 Å². The van der Waals surface area contributed by atoms with Crippen molar-refractivity contribution in [3.05, 3.63) is 0 Å². The van der Waals surface area contributed by atoms with Crippen LogP contribution in [0.25, 0.3) is 0 Å². The van der Waals surface area contributed by atoms with E-state index in [0.717, 1.165) is 0 Å². The molecule has 0 radical (unpaired) electrons. The Morgan fingerprint density at radius 2 is 1.50 bits per heavy atom. The molecule has 1 aliphatic carbocycles. The molecule has 0 saturated heterocycles. The Bertz CT molecular complexity index is 166. The van der Waals surface area contributed by atoms with Crippen molar-refractivity contribution in [1.82, 2.24) is 4.90 Å². The Morgan fingerprint density at radius 1 is 0.938 bits per heavy atom. The predicted octanol–water partition coefficient (Wildman–Crippen LogP) is 0.214. The van der Waals surface area contributed by atoms with Crippen molar-refractivity contribution in [2.45, 2.75) is 38.1 Å². The summed E-state index contributed by atoms with van der Waals surface area (Å²) in [4.78, 5) is 2.02. The van der Waals surface area contributed by atoms with Crippen LogP contribution in [0, 0.1) is 5.92 Å². The summed E-state index contributed by atoms with van der Waals surface area (Å²) in [5.74, 6) is 0.525. The lowest BCUT2D eigenvalue weighted by Crippen LogP contribution is -2.46. The summed E-state index contributed by atoms with van der Waals surface area (Å²) in [6.45, 7) is 1.39. The Balaban J connectivity index is 2.52. The van der Waals surface area contributed by atoms with Crippen molar-refractivity contribution in [3.63, 3.8) is 0 Å². The summed E-state index contributed by atoms with van der Waals surface area (Å²) in [5.41, 5.74) is 0. The highest BCUT2D eigenvalue weighted by atomic mass is 16.3. The number of hydrogen-bond donors (Lipinski definition) is 3. The predicted molar refractivity (Wildman–Crippen MR) is 63.2 cm³/mol. The Labute approximate surface area is 97.9 Å². The zero-order valence-electron chi connectivity index (χ0n) is 10.0. The van der Waals surface area contributed by atoms with Crippen molar-refractivity contribution >= 4 is 0 Å². The largest absolute Gasteiger partial charge is 0.395 e. The molecule has 1 unspecified atom stereocenters. The van der Waals surface area contributed by atoms with Crippen LogP contribution < -0.4 is 0 Å². The molecule has 0 spiro atoms. The van der Waals surface area contributed by atoms with Gasteiger partial charge in [-0.15, -0.1) is 0 Å². The average Bonchev–Trinajstić information content (AvgIpc) is 2.32. The Kier molecular flexibility index (Phi) is 6.96. The fourth-order valence-electron chi connectivity index (χ4n) is 2.78. The van der Waals surface area contributed by atoms with E-state index in [1.807, 2.05) is 4.90 Å². The highest BCUT2D eigenvalue weighted by molar-refractivity contribution is 4.81. The number of aliphatic hydroxyl groups is 3. The Morgan fingerprint density at radius 3 is 1.94 bits per heavy atom. The molecular formula is C12H25NO3. The van der Waals surface area contributed by atoms with Gasteiger partial charge in [-0.05, 0) is 18.8 Å². The highest BCUT2D eigenvalue weighted by Crippen LogP contribution is 2.28. The van der Waals surface area contributed by atoms with Gasteiger partial charge in [-0.3, -0.25) is 4.90 Å². The first-order valence-corrected chi connectivity index (χ1v) is 6.40. The maximum Gasteiger partial charge on any atom is 0.0589 e. The first-order valence-electron chi connectivity index (χ1n) is 6.40. The fourth-order valence-corrected chi connectivity index (χ4v) is 2.78. The highest BCUT2D eigenvalue weighted by Gasteiger charge is 2.27. The fraction of sp³-hybridized carbons (Fsp3) is 1.00. The topological polar surface area (TPSA) is 63.9 Å². The molecular weight excluding hydrogens is 206 g/mol. The lowest BCUT2D eigenvalue weighted by molar-refractivity contribution is 0.0408. The second-order valence-electron chi connectivity index (χ2n) is 4.63. The van der Waals surface area contributed by atoms with Gasteiger partial charge >= 0.3 is 0 Å². The lowest BCUT2D eigenvalue weighted by atomic mass is 9.83. The van der Waals surface area contributed by atoms with E-state index in [1.54, 1.807) is 0 Å². The smallest absolute Gasteiger partial charge is 0.0589 e. The van der Waals surface area contributed by atoms with E-state index < -0.39 is 0 Å². The van der Waals surface area contributed by atoms with Gasteiger partial charge in [0, 0.05) is 19.1 Å². The van der Waals surface area contributed by atoms with Gasteiger partial charge < -0.3 is 15.3 Å². The van der Waals surface area contributed by atoms with Crippen molar-refractivity contribution in [2.24, 2.45) is 5.92 Å². The van der Waals surface area contributed by atoms with Crippen LogP contribution in [0.1, 0.15) is 32.1 Å². The minimum atomic E-state index is 0.0865. The van der Waals surface area contributed by atoms with Crippen LogP contribution in [-0.4, -0.2) is 59.2 Å². The van der Waals surface area contributed by atoms with Crippen LogP contribution in [0.2, 0.25) is 0 Å². The molecule has 0 aliphatic heterocycles. The van der Waals surface area contributed by atoms with Gasteiger partial charge in [-0.25, -0.2) is 0 Å². The van der Waals surface area contributed by atoms with Gasteiger partial charge in [0.2, 0.25) is 0 Å². The van der Waals surface area contributed by atoms with Gasteiger partial charge in [0.1, 0.15) is 0 Å². The van der Waals surface area contributed by atoms with Crippen LogP contribution in [0.3, 0.4) is 0 Å². The average molecular weight is 231 g/mol. The molecule has 1 fully saturated rings. The molecule has 1 saturated carbocycles. The molecule has 1 aliphatic rings. The normalized spacial score (nSPS) is 20.2. The van der Waals surface area contributed by atoms with Gasteiger partial charge in [0.05, 0.1) is 19.8 Å². The third-order valence-corrected chi connectivity index (χ3v) is 3.62. The molecule has 4 heteroatoms. The van der Waals surface area contributed by atoms with Crippen molar-refractivity contribution in [2.75, 3.05) is 32.9 Å². The molecule has 96 valence electrons. The van der Waals surface area contributed by atoms with E-state index in [2.05, 4.69) is 0 Å². The first-order chi connectivity index (χ1) is 7.83. The molecule has 1 rings (SSSR count). The molecule has 3 N–H and O–H groups in total. The van der Waals surface area contributed by atoms with Crippen LogP contribution in [0.15, 0.2) is 0 Å². The number of nitrogens with zero attached hydrogens (tertiary/aromatic N) is 1. The summed E-state index contributed by atoms with van der Waals surface area (Å²) in [6, 6.07) is 0.111. The van der Waals surface area contributed by atoms with Crippen molar-refractivity contribution in [3.8, 4) is 0 Å². The molecule has 1 atom stereocenters. The summed E-state index contributed by atoms with van der Waals surface area (Å²) in [7, 11) is 0. The van der Waals surface area contributed by atoms with Crippen LogP contribution in [0.5, 0.6) is 0 Å². The number of hydrogen-bond acceptors (Lipinski definition) is 4. The maximum absolute atomic E-state index is 9.50.